The van der Waals surface area contributed by atoms with Gasteiger partial charge in [0, 0.05) is 24.2 Å². The third-order valence-electron chi connectivity index (χ3n) is 4.30. The molecule has 2 rings (SSSR count). The van der Waals surface area contributed by atoms with Gasteiger partial charge in [-0.2, -0.15) is 4.31 Å². The van der Waals surface area contributed by atoms with Gasteiger partial charge in [-0.15, -0.1) is 0 Å². The van der Waals surface area contributed by atoms with Gasteiger partial charge in [0.15, 0.2) is 0 Å². The van der Waals surface area contributed by atoms with Crippen molar-refractivity contribution in [2.45, 2.75) is 64.3 Å². The molecule has 0 radical (unpaired) electrons. The van der Waals surface area contributed by atoms with E-state index in [0.717, 1.165) is 31.4 Å². The van der Waals surface area contributed by atoms with Gasteiger partial charge in [-0.1, -0.05) is 20.8 Å². The maximum Gasteiger partial charge on any atom is 0.251 e. The predicted octanol–water partition coefficient (Wildman–Crippen LogP) is 3.55. The second-order valence-corrected chi connectivity index (χ2v) is 10.7. The molecule has 1 fully saturated rings. The number of rotatable bonds is 5. The molecule has 146 valence electrons. The lowest BCUT2D eigenvalue weighted by atomic mass is 9.81. The van der Waals surface area contributed by atoms with Crippen LogP contribution < -0.4 is 5.32 Å². The average molecular weight is 385 g/mol. The zero-order chi connectivity index (χ0) is 19.8. The van der Waals surface area contributed by atoms with Crippen LogP contribution in [0.25, 0.3) is 0 Å². The van der Waals surface area contributed by atoms with Crippen molar-refractivity contribution in [1.29, 1.82) is 0 Å². The molecule has 0 atom stereocenters. The molecule has 0 aromatic heterocycles. The maximum atomic E-state index is 14.2. The summed E-state index contributed by atoms with van der Waals surface area (Å²) in [6.07, 6.45) is 2.27. The molecule has 7 heteroatoms. The van der Waals surface area contributed by atoms with E-state index in [1.807, 2.05) is 13.8 Å². The lowest BCUT2D eigenvalue weighted by molar-refractivity contribution is 0.0891. The Morgan fingerprint density at radius 2 is 1.73 bits per heavy atom. The van der Waals surface area contributed by atoms with E-state index in [-0.39, 0.29) is 11.0 Å². The lowest BCUT2D eigenvalue weighted by Crippen LogP contribution is -2.45. The Balaban J connectivity index is 2.27. The summed E-state index contributed by atoms with van der Waals surface area (Å²) < 4.78 is 40.8. The number of amides is 1. The van der Waals surface area contributed by atoms with Crippen molar-refractivity contribution in [3.8, 4) is 0 Å². The van der Waals surface area contributed by atoms with Crippen LogP contribution in [-0.2, 0) is 10.0 Å². The quantitative estimate of drug-likeness (QED) is 0.844. The van der Waals surface area contributed by atoms with Crippen molar-refractivity contribution >= 4 is 15.9 Å². The Bertz CT molecular complexity index is 776. The third kappa shape index (κ3) is 5.04. The number of halogens is 1. The number of hydrogen-bond acceptors (Lipinski definition) is 3. The molecule has 0 saturated carbocycles. The number of nitrogens with one attached hydrogen (secondary N) is 1. The molecule has 1 N–H and O–H groups in total. The fourth-order valence-electron chi connectivity index (χ4n) is 3.66. The molecule has 5 nitrogen and oxygen atoms in total. The van der Waals surface area contributed by atoms with E-state index in [2.05, 4.69) is 26.1 Å². The van der Waals surface area contributed by atoms with E-state index >= 15 is 0 Å². The summed E-state index contributed by atoms with van der Waals surface area (Å²) in [7, 11) is -3.92. The molecule has 1 heterocycles. The largest absolute Gasteiger partial charge is 0.347 e. The van der Waals surface area contributed by atoms with Gasteiger partial charge in [0.25, 0.3) is 5.91 Å². The van der Waals surface area contributed by atoms with Crippen LogP contribution >= 0.6 is 0 Å². The number of carbonyl (C=O) groups excluding carboxylic acids is 1. The minimum atomic E-state index is -3.92. The Hall–Kier alpha value is -1.47. The van der Waals surface area contributed by atoms with Gasteiger partial charge in [0.2, 0.25) is 10.0 Å². The number of sulfonamides is 1. The topological polar surface area (TPSA) is 66.5 Å². The first-order valence-electron chi connectivity index (χ1n) is 8.94. The first-order chi connectivity index (χ1) is 11.8. The van der Waals surface area contributed by atoms with Gasteiger partial charge >= 0.3 is 0 Å². The molecule has 1 saturated heterocycles. The molecule has 0 spiro atoms. The minimum Gasteiger partial charge on any atom is -0.347 e. The molecule has 1 aromatic carbocycles. The Kier molecular flexibility index (Phi) is 5.83. The first kappa shape index (κ1) is 20.8. The Morgan fingerprint density at radius 1 is 1.15 bits per heavy atom. The SMILES string of the molecule is CC(C)(C)CC(C)(C)NC(=O)c1ccc(F)c(S(=O)(=O)N2CCCC2)c1. The monoisotopic (exact) mass is 384 g/mol. The standard InChI is InChI=1S/C19H29FN2O3S/c1-18(2,3)13-19(4,5)21-17(23)14-8-9-15(20)16(12-14)26(24,25)22-10-6-7-11-22/h8-9,12H,6-7,10-11,13H2,1-5H3,(H,21,23). The van der Waals surface area contributed by atoms with E-state index in [1.54, 1.807) is 0 Å². The van der Waals surface area contributed by atoms with E-state index in [1.165, 1.54) is 10.4 Å². The fourth-order valence-corrected chi connectivity index (χ4v) is 5.27. The molecule has 1 aromatic rings. The summed E-state index contributed by atoms with van der Waals surface area (Å²) in [5.74, 6) is -1.24. The van der Waals surface area contributed by atoms with Crippen molar-refractivity contribution in [3.63, 3.8) is 0 Å². The smallest absolute Gasteiger partial charge is 0.251 e. The second kappa shape index (κ2) is 7.27. The summed E-state index contributed by atoms with van der Waals surface area (Å²) in [6.45, 7) is 10.9. The van der Waals surface area contributed by atoms with Gasteiger partial charge in [-0.25, -0.2) is 12.8 Å². The maximum absolute atomic E-state index is 14.2. The van der Waals surface area contributed by atoms with E-state index < -0.39 is 32.2 Å². The summed E-state index contributed by atoms with van der Waals surface area (Å²) in [5.41, 5.74) is -0.312. The van der Waals surface area contributed by atoms with E-state index in [9.17, 15) is 17.6 Å². The highest BCUT2D eigenvalue weighted by atomic mass is 32.2. The van der Waals surface area contributed by atoms with Crippen LogP contribution in [0.2, 0.25) is 0 Å². The number of benzene rings is 1. The van der Waals surface area contributed by atoms with Gasteiger partial charge in [-0.3, -0.25) is 4.79 Å². The molecule has 0 bridgehead atoms. The van der Waals surface area contributed by atoms with Crippen molar-refractivity contribution in [2.24, 2.45) is 5.41 Å². The molecule has 26 heavy (non-hydrogen) atoms. The summed E-state index contributed by atoms with van der Waals surface area (Å²) in [6, 6.07) is 3.51. The van der Waals surface area contributed by atoms with Crippen LogP contribution in [0.15, 0.2) is 23.1 Å². The van der Waals surface area contributed by atoms with Gasteiger partial charge < -0.3 is 5.32 Å². The van der Waals surface area contributed by atoms with Crippen LogP contribution in [0, 0.1) is 11.2 Å². The Labute approximate surface area is 156 Å². The highest BCUT2D eigenvalue weighted by Gasteiger charge is 2.31. The van der Waals surface area contributed by atoms with Crippen molar-refractivity contribution < 1.29 is 17.6 Å². The Morgan fingerprint density at radius 3 is 2.27 bits per heavy atom. The summed E-state index contributed by atoms with van der Waals surface area (Å²) in [4.78, 5) is 12.2. The molecular formula is C19H29FN2O3S. The zero-order valence-corrected chi connectivity index (χ0v) is 17.0. The minimum absolute atomic E-state index is 0.0177. The molecule has 0 unspecified atom stereocenters. The lowest BCUT2D eigenvalue weighted by Gasteiger charge is -2.33. The van der Waals surface area contributed by atoms with Crippen molar-refractivity contribution in [1.82, 2.24) is 9.62 Å². The van der Waals surface area contributed by atoms with Crippen LogP contribution in [0.3, 0.4) is 0 Å². The van der Waals surface area contributed by atoms with Crippen LogP contribution in [-0.4, -0.2) is 37.3 Å². The van der Waals surface area contributed by atoms with E-state index in [0.29, 0.717) is 13.1 Å². The van der Waals surface area contributed by atoms with Crippen molar-refractivity contribution in [3.05, 3.63) is 29.6 Å². The predicted molar refractivity (Wildman–Crippen MR) is 100 cm³/mol. The molecule has 1 amide bonds. The zero-order valence-electron chi connectivity index (χ0n) is 16.2. The summed E-state index contributed by atoms with van der Waals surface area (Å²) >= 11 is 0. The number of nitrogens with zero attached hydrogens (tertiary/aromatic N) is 1. The van der Waals surface area contributed by atoms with E-state index in [4.69, 9.17) is 0 Å². The van der Waals surface area contributed by atoms with Gasteiger partial charge in [-0.05, 0) is 56.7 Å². The first-order valence-corrected chi connectivity index (χ1v) is 10.4. The normalized spacial score (nSPS) is 16.7. The van der Waals surface area contributed by atoms with Gasteiger partial charge in [0.05, 0.1) is 0 Å². The molecule has 1 aliphatic rings. The number of hydrogen-bond donors (Lipinski definition) is 1. The van der Waals surface area contributed by atoms with Crippen LogP contribution in [0.4, 0.5) is 4.39 Å². The van der Waals surface area contributed by atoms with Gasteiger partial charge in [0.1, 0.15) is 10.7 Å². The molecule has 0 aliphatic carbocycles. The third-order valence-corrected chi connectivity index (χ3v) is 6.21. The number of carbonyl (C=O) groups is 1. The van der Waals surface area contributed by atoms with Crippen LogP contribution in [0.5, 0.6) is 0 Å². The summed E-state index contributed by atoms with van der Waals surface area (Å²) in [5, 5.41) is 2.93. The fraction of sp³-hybridized carbons (Fsp3) is 0.632. The second-order valence-electron chi connectivity index (χ2n) is 8.83. The highest BCUT2D eigenvalue weighted by molar-refractivity contribution is 7.89. The van der Waals surface area contributed by atoms with Crippen LogP contribution in [0.1, 0.15) is 64.2 Å². The molecular weight excluding hydrogens is 355 g/mol. The molecule has 1 aliphatic heterocycles. The highest BCUT2D eigenvalue weighted by Crippen LogP contribution is 2.28. The van der Waals surface area contributed by atoms with Crippen molar-refractivity contribution in [2.75, 3.05) is 13.1 Å². The average Bonchev–Trinajstić information content (AvgIpc) is 2.98.